The fourth-order valence-corrected chi connectivity index (χ4v) is 7.21. The molecule has 6 heteroatoms. The molecule has 0 saturated carbocycles. The molecule has 0 aromatic carbocycles. The lowest BCUT2D eigenvalue weighted by Crippen LogP contribution is -2.45. The lowest BCUT2D eigenvalue weighted by atomic mass is 10.0. The average molecular weight is 776 g/mol. The number of carbonyl (C=O) groups excluding carboxylic acids is 2. The molecule has 0 rings (SSSR count). The Morgan fingerprint density at radius 1 is 0.491 bits per heavy atom. The van der Waals surface area contributed by atoms with Crippen molar-refractivity contribution in [3.63, 3.8) is 0 Å². The van der Waals surface area contributed by atoms with Crippen molar-refractivity contribution < 1.29 is 24.5 Å². The van der Waals surface area contributed by atoms with E-state index in [1.165, 1.54) is 167 Å². The average Bonchev–Trinajstić information content (AvgIpc) is 3.18. The van der Waals surface area contributed by atoms with E-state index in [9.17, 15) is 19.8 Å². The molecular formula is C49H93NO5. The van der Waals surface area contributed by atoms with Crippen LogP contribution < -0.4 is 5.32 Å². The van der Waals surface area contributed by atoms with Crippen LogP contribution in [0.25, 0.3) is 0 Å². The SMILES string of the molecule is CCCCCCCCC/C=C\CCCCCCCC(=O)OCCCCCCCCCCCCCCC(=O)NC(CO)C(O)/C=C/CCCCCCCCCC. The largest absolute Gasteiger partial charge is 0.466 e. The summed E-state index contributed by atoms with van der Waals surface area (Å²) in [4.78, 5) is 24.4. The molecule has 3 N–H and O–H groups in total. The molecule has 0 bridgehead atoms. The van der Waals surface area contributed by atoms with Gasteiger partial charge < -0.3 is 20.3 Å². The van der Waals surface area contributed by atoms with Crippen molar-refractivity contribution in [2.75, 3.05) is 13.2 Å². The summed E-state index contributed by atoms with van der Waals surface area (Å²) < 4.78 is 5.45. The third kappa shape index (κ3) is 41.8. The fraction of sp³-hybridized carbons (Fsp3) is 0.878. The van der Waals surface area contributed by atoms with E-state index < -0.39 is 12.1 Å². The van der Waals surface area contributed by atoms with Gasteiger partial charge in [0.15, 0.2) is 0 Å². The van der Waals surface area contributed by atoms with E-state index in [1.807, 2.05) is 6.08 Å². The maximum atomic E-state index is 12.4. The molecule has 2 atom stereocenters. The van der Waals surface area contributed by atoms with Crippen LogP contribution in [0, 0.1) is 0 Å². The first-order chi connectivity index (χ1) is 27.0. The number of unbranched alkanes of at least 4 members (excludes halogenated alkanes) is 31. The summed E-state index contributed by atoms with van der Waals surface area (Å²) >= 11 is 0. The van der Waals surface area contributed by atoms with Gasteiger partial charge in [0, 0.05) is 12.8 Å². The molecule has 55 heavy (non-hydrogen) atoms. The Balaban J connectivity index is 3.47. The van der Waals surface area contributed by atoms with E-state index in [4.69, 9.17) is 4.74 Å². The number of hydrogen-bond acceptors (Lipinski definition) is 5. The predicted octanol–water partition coefficient (Wildman–Crippen LogP) is 14.0. The third-order valence-electron chi connectivity index (χ3n) is 11.0. The lowest BCUT2D eigenvalue weighted by Gasteiger charge is -2.20. The monoisotopic (exact) mass is 776 g/mol. The molecule has 324 valence electrons. The van der Waals surface area contributed by atoms with Gasteiger partial charge in [0.1, 0.15) is 0 Å². The molecule has 0 aliphatic carbocycles. The molecule has 1 amide bonds. The van der Waals surface area contributed by atoms with Crippen molar-refractivity contribution in [1.29, 1.82) is 0 Å². The quantitative estimate of drug-likeness (QED) is 0.0325. The van der Waals surface area contributed by atoms with Gasteiger partial charge in [-0.15, -0.1) is 0 Å². The first-order valence-corrected chi connectivity index (χ1v) is 24.1. The lowest BCUT2D eigenvalue weighted by molar-refractivity contribution is -0.143. The maximum Gasteiger partial charge on any atom is 0.305 e. The van der Waals surface area contributed by atoms with Crippen LogP contribution in [0.15, 0.2) is 24.3 Å². The number of aliphatic hydroxyl groups is 2. The molecule has 0 radical (unpaired) electrons. The highest BCUT2D eigenvalue weighted by atomic mass is 16.5. The van der Waals surface area contributed by atoms with Crippen molar-refractivity contribution in [2.45, 2.75) is 264 Å². The fourth-order valence-electron chi connectivity index (χ4n) is 7.21. The van der Waals surface area contributed by atoms with E-state index in [1.54, 1.807) is 6.08 Å². The van der Waals surface area contributed by atoms with Gasteiger partial charge in [0.25, 0.3) is 0 Å². The number of carbonyl (C=O) groups is 2. The van der Waals surface area contributed by atoms with Crippen molar-refractivity contribution in [2.24, 2.45) is 0 Å². The Labute approximate surface area is 341 Å². The van der Waals surface area contributed by atoms with Crippen LogP contribution in [0.3, 0.4) is 0 Å². The highest BCUT2D eigenvalue weighted by Crippen LogP contribution is 2.15. The number of nitrogens with one attached hydrogen (secondary N) is 1. The zero-order valence-corrected chi connectivity index (χ0v) is 36.7. The van der Waals surface area contributed by atoms with Crippen LogP contribution in [0.2, 0.25) is 0 Å². The third-order valence-corrected chi connectivity index (χ3v) is 11.0. The molecule has 0 heterocycles. The Morgan fingerprint density at radius 3 is 1.29 bits per heavy atom. The van der Waals surface area contributed by atoms with Crippen LogP contribution in [-0.2, 0) is 14.3 Å². The highest BCUT2D eigenvalue weighted by molar-refractivity contribution is 5.76. The predicted molar refractivity (Wildman–Crippen MR) is 236 cm³/mol. The van der Waals surface area contributed by atoms with Gasteiger partial charge in [0.05, 0.1) is 25.4 Å². The normalized spacial score (nSPS) is 12.9. The number of rotatable bonds is 44. The molecule has 6 nitrogen and oxygen atoms in total. The van der Waals surface area contributed by atoms with Gasteiger partial charge in [0.2, 0.25) is 5.91 Å². The smallest absolute Gasteiger partial charge is 0.305 e. The molecule has 0 aromatic rings. The number of allylic oxidation sites excluding steroid dienone is 3. The first kappa shape index (κ1) is 53.3. The number of ether oxygens (including phenoxy) is 1. The first-order valence-electron chi connectivity index (χ1n) is 24.1. The van der Waals surface area contributed by atoms with Gasteiger partial charge in [-0.05, 0) is 57.8 Å². The number of amides is 1. The minimum Gasteiger partial charge on any atom is -0.466 e. The summed E-state index contributed by atoms with van der Waals surface area (Å²) in [5, 5.41) is 22.9. The minimum atomic E-state index is -0.852. The molecule has 0 aliphatic rings. The second kappa shape index (κ2) is 45.0. The summed E-state index contributed by atoms with van der Waals surface area (Å²) in [6.45, 7) is 4.83. The molecule has 0 saturated heterocycles. The Kier molecular flexibility index (Phi) is 43.7. The summed E-state index contributed by atoms with van der Waals surface area (Å²) in [5.41, 5.74) is 0. The van der Waals surface area contributed by atoms with Crippen LogP contribution in [-0.4, -0.2) is 47.4 Å². The van der Waals surface area contributed by atoms with Crippen LogP contribution >= 0.6 is 0 Å². The summed E-state index contributed by atoms with van der Waals surface area (Å²) in [6, 6.07) is -0.637. The van der Waals surface area contributed by atoms with Crippen LogP contribution in [0.4, 0.5) is 0 Å². The zero-order chi connectivity index (χ0) is 40.1. The molecule has 2 unspecified atom stereocenters. The second-order valence-electron chi connectivity index (χ2n) is 16.4. The topological polar surface area (TPSA) is 95.9 Å². The van der Waals surface area contributed by atoms with Gasteiger partial charge in [-0.25, -0.2) is 0 Å². The van der Waals surface area contributed by atoms with Crippen LogP contribution in [0.5, 0.6) is 0 Å². The molecular weight excluding hydrogens is 683 g/mol. The minimum absolute atomic E-state index is 0.0191. The Hall–Kier alpha value is -1.66. The van der Waals surface area contributed by atoms with Crippen molar-refractivity contribution in [3.8, 4) is 0 Å². The molecule has 0 spiro atoms. The Bertz CT molecular complexity index is 858. The Morgan fingerprint density at radius 2 is 0.855 bits per heavy atom. The summed E-state index contributed by atoms with van der Waals surface area (Å²) in [5.74, 6) is -0.105. The number of esters is 1. The second-order valence-corrected chi connectivity index (χ2v) is 16.4. The van der Waals surface area contributed by atoms with Gasteiger partial charge >= 0.3 is 5.97 Å². The zero-order valence-electron chi connectivity index (χ0n) is 36.7. The van der Waals surface area contributed by atoms with Crippen LogP contribution in [0.1, 0.15) is 251 Å². The number of hydrogen-bond donors (Lipinski definition) is 3. The molecule has 0 aromatic heterocycles. The molecule has 0 fully saturated rings. The molecule has 0 aliphatic heterocycles. The van der Waals surface area contributed by atoms with Gasteiger partial charge in [-0.2, -0.15) is 0 Å². The van der Waals surface area contributed by atoms with Crippen molar-refractivity contribution in [3.05, 3.63) is 24.3 Å². The maximum absolute atomic E-state index is 12.4. The van der Waals surface area contributed by atoms with Crippen molar-refractivity contribution in [1.82, 2.24) is 5.32 Å². The standard InChI is InChI=1S/C49H93NO5/c1-3-5-7-9-11-13-15-16-17-18-19-23-27-31-35-39-43-49(54)55-44-40-36-32-28-24-21-20-22-26-30-34-38-42-48(53)50-46(45-51)47(52)41-37-33-29-25-14-12-10-8-6-4-2/h17-18,37,41,46-47,51-52H,3-16,19-36,38-40,42-45H2,1-2H3,(H,50,53)/b18-17-,41-37+. The number of aliphatic hydroxyl groups excluding tert-OH is 2. The summed E-state index contributed by atoms with van der Waals surface area (Å²) in [6.07, 6.45) is 51.7. The van der Waals surface area contributed by atoms with E-state index in [-0.39, 0.29) is 18.5 Å². The van der Waals surface area contributed by atoms with E-state index >= 15 is 0 Å². The highest BCUT2D eigenvalue weighted by Gasteiger charge is 2.18. The summed E-state index contributed by atoms with van der Waals surface area (Å²) in [7, 11) is 0. The van der Waals surface area contributed by atoms with E-state index in [0.29, 0.717) is 19.4 Å². The van der Waals surface area contributed by atoms with Gasteiger partial charge in [-0.3, -0.25) is 9.59 Å². The van der Waals surface area contributed by atoms with E-state index in [0.717, 1.165) is 57.8 Å². The van der Waals surface area contributed by atoms with E-state index in [2.05, 4.69) is 31.3 Å². The van der Waals surface area contributed by atoms with Gasteiger partial charge in [-0.1, -0.05) is 205 Å². The van der Waals surface area contributed by atoms with Crippen molar-refractivity contribution >= 4 is 11.9 Å².